The van der Waals surface area contributed by atoms with Crippen LogP contribution in [0.15, 0.2) is 30.3 Å². The Balaban J connectivity index is 2.42. The molecule has 16 heavy (non-hydrogen) atoms. The fourth-order valence-electron chi connectivity index (χ4n) is 1.52. The normalized spacial score (nSPS) is 10.4. The van der Waals surface area contributed by atoms with Crippen molar-refractivity contribution >= 4 is 11.3 Å². The molecule has 0 radical (unpaired) electrons. The first-order valence-electron chi connectivity index (χ1n) is 5.09. The van der Waals surface area contributed by atoms with Crippen molar-refractivity contribution in [2.75, 3.05) is 14.2 Å². The highest BCUT2D eigenvalue weighted by Gasteiger charge is 2.12. The number of methoxy groups -OCH3 is 1. The van der Waals surface area contributed by atoms with Crippen molar-refractivity contribution in [2.24, 2.45) is 0 Å². The summed E-state index contributed by atoms with van der Waals surface area (Å²) >= 11 is 1.58. The average molecular weight is 234 g/mol. The molecule has 1 aromatic heterocycles. The maximum absolute atomic E-state index is 5.18. The lowest BCUT2D eigenvalue weighted by molar-refractivity contribution is 0.412. The lowest BCUT2D eigenvalue weighted by Gasteiger charge is -2.00. The third-order valence-electron chi connectivity index (χ3n) is 2.24. The smallest absolute Gasteiger partial charge is 0.273 e. The van der Waals surface area contributed by atoms with E-state index in [-0.39, 0.29) is 0 Å². The highest BCUT2D eigenvalue weighted by Crippen LogP contribution is 2.31. The number of benzene rings is 1. The van der Waals surface area contributed by atoms with E-state index in [1.165, 1.54) is 4.88 Å². The largest absolute Gasteiger partial charge is 0.473 e. The van der Waals surface area contributed by atoms with Crippen LogP contribution in [0.3, 0.4) is 0 Å². The van der Waals surface area contributed by atoms with Gasteiger partial charge in [-0.05, 0) is 7.05 Å². The minimum atomic E-state index is 0.712. The van der Waals surface area contributed by atoms with E-state index in [9.17, 15) is 0 Å². The molecular weight excluding hydrogens is 220 g/mol. The number of nitrogens with one attached hydrogen (secondary N) is 1. The number of ether oxygens (including phenoxy) is 1. The minimum absolute atomic E-state index is 0.712. The predicted molar refractivity (Wildman–Crippen MR) is 66.9 cm³/mol. The summed E-state index contributed by atoms with van der Waals surface area (Å²) in [7, 11) is 3.58. The van der Waals surface area contributed by atoms with Crippen molar-refractivity contribution in [3.63, 3.8) is 0 Å². The lowest BCUT2D eigenvalue weighted by atomic mass is 10.1. The van der Waals surface area contributed by atoms with Gasteiger partial charge in [-0.15, -0.1) is 0 Å². The third kappa shape index (κ3) is 2.23. The molecule has 0 aliphatic carbocycles. The SMILES string of the molecule is CNCc1sc(OC)nc1-c1ccccc1. The first-order chi connectivity index (χ1) is 7.85. The van der Waals surface area contributed by atoms with E-state index in [4.69, 9.17) is 4.74 Å². The number of hydrogen-bond donors (Lipinski definition) is 1. The molecule has 1 heterocycles. The lowest BCUT2D eigenvalue weighted by Crippen LogP contribution is -2.04. The molecule has 0 atom stereocenters. The van der Waals surface area contributed by atoms with Crippen LogP contribution in [-0.4, -0.2) is 19.1 Å². The third-order valence-corrected chi connectivity index (χ3v) is 3.25. The zero-order valence-corrected chi connectivity index (χ0v) is 10.2. The van der Waals surface area contributed by atoms with Gasteiger partial charge < -0.3 is 10.1 Å². The van der Waals surface area contributed by atoms with E-state index in [0.29, 0.717) is 5.19 Å². The zero-order valence-electron chi connectivity index (χ0n) is 9.36. The van der Waals surface area contributed by atoms with Crippen LogP contribution in [0.4, 0.5) is 0 Å². The van der Waals surface area contributed by atoms with Crippen molar-refractivity contribution in [1.82, 2.24) is 10.3 Å². The number of thiazole rings is 1. The molecule has 3 nitrogen and oxygen atoms in total. The van der Waals surface area contributed by atoms with E-state index < -0.39 is 0 Å². The Morgan fingerprint density at radius 3 is 2.69 bits per heavy atom. The molecule has 0 aliphatic rings. The molecule has 84 valence electrons. The summed E-state index contributed by atoms with van der Waals surface area (Å²) in [6, 6.07) is 10.2. The summed E-state index contributed by atoms with van der Waals surface area (Å²) in [5.41, 5.74) is 2.14. The molecule has 0 spiro atoms. The van der Waals surface area contributed by atoms with Crippen molar-refractivity contribution in [3.05, 3.63) is 35.2 Å². The van der Waals surface area contributed by atoms with E-state index in [2.05, 4.69) is 22.4 Å². The maximum Gasteiger partial charge on any atom is 0.273 e. The Hall–Kier alpha value is -1.39. The molecule has 0 saturated carbocycles. The van der Waals surface area contributed by atoms with Gasteiger partial charge in [0, 0.05) is 17.0 Å². The highest BCUT2D eigenvalue weighted by atomic mass is 32.1. The summed E-state index contributed by atoms with van der Waals surface area (Å²) < 4.78 is 5.18. The summed E-state index contributed by atoms with van der Waals surface area (Å²) in [5, 5.41) is 3.86. The van der Waals surface area contributed by atoms with Crippen LogP contribution in [0.5, 0.6) is 5.19 Å². The molecule has 0 bridgehead atoms. The fraction of sp³-hybridized carbons (Fsp3) is 0.250. The van der Waals surface area contributed by atoms with Crippen LogP contribution in [0.25, 0.3) is 11.3 Å². The quantitative estimate of drug-likeness (QED) is 0.882. The molecule has 0 amide bonds. The second kappa shape index (κ2) is 5.09. The molecular formula is C12H14N2OS. The van der Waals surface area contributed by atoms with Gasteiger partial charge in [-0.3, -0.25) is 0 Å². The summed E-state index contributed by atoms with van der Waals surface area (Å²) in [4.78, 5) is 5.67. The number of rotatable bonds is 4. The van der Waals surface area contributed by atoms with Crippen molar-refractivity contribution in [3.8, 4) is 16.5 Å². The molecule has 0 unspecified atom stereocenters. The first kappa shape index (κ1) is 11.1. The Labute approximate surface area is 99.1 Å². The molecule has 1 aromatic carbocycles. The van der Waals surface area contributed by atoms with E-state index in [1.54, 1.807) is 18.4 Å². The van der Waals surface area contributed by atoms with Crippen LogP contribution < -0.4 is 10.1 Å². The van der Waals surface area contributed by atoms with Crippen LogP contribution >= 0.6 is 11.3 Å². The molecule has 0 aliphatic heterocycles. The van der Waals surface area contributed by atoms with Crippen molar-refractivity contribution in [2.45, 2.75) is 6.54 Å². The summed E-state index contributed by atoms with van der Waals surface area (Å²) in [5.74, 6) is 0. The van der Waals surface area contributed by atoms with Crippen LogP contribution in [0.2, 0.25) is 0 Å². The standard InChI is InChI=1S/C12H14N2OS/c1-13-8-10-11(14-12(15-2)16-10)9-6-4-3-5-7-9/h3-7,13H,8H2,1-2H3. The maximum atomic E-state index is 5.18. The zero-order chi connectivity index (χ0) is 11.4. The first-order valence-corrected chi connectivity index (χ1v) is 5.90. The van der Waals surface area contributed by atoms with Gasteiger partial charge in [0.1, 0.15) is 0 Å². The van der Waals surface area contributed by atoms with Gasteiger partial charge in [0.2, 0.25) is 0 Å². The van der Waals surface area contributed by atoms with Crippen molar-refractivity contribution < 1.29 is 4.74 Å². The van der Waals surface area contributed by atoms with E-state index in [0.717, 1.165) is 17.8 Å². The summed E-state index contributed by atoms with van der Waals surface area (Å²) in [6.07, 6.45) is 0. The van der Waals surface area contributed by atoms with Gasteiger partial charge in [0.25, 0.3) is 5.19 Å². The second-order valence-electron chi connectivity index (χ2n) is 3.35. The average Bonchev–Trinajstić information content (AvgIpc) is 2.74. The molecule has 0 fully saturated rings. The van der Waals surface area contributed by atoms with Gasteiger partial charge in [-0.2, -0.15) is 0 Å². The topological polar surface area (TPSA) is 34.1 Å². The molecule has 4 heteroatoms. The monoisotopic (exact) mass is 234 g/mol. The fourth-order valence-corrected chi connectivity index (χ4v) is 2.43. The van der Waals surface area contributed by atoms with E-state index >= 15 is 0 Å². The molecule has 2 rings (SSSR count). The highest BCUT2D eigenvalue weighted by molar-refractivity contribution is 7.13. The molecule has 2 aromatic rings. The predicted octanol–water partition coefficient (Wildman–Crippen LogP) is 2.54. The minimum Gasteiger partial charge on any atom is -0.473 e. The number of nitrogens with zero attached hydrogens (tertiary/aromatic N) is 1. The van der Waals surface area contributed by atoms with Gasteiger partial charge in [0.05, 0.1) is 12.8 Å². The van der Waals surface area contributed by atoms with Crippen molar-refractivity contribution in [1.29, 1.82) is 0 Å². The molecule has 0 saturated heterocycles. The Bertz CT molecular complexity index is 453. The van der Waals surface area contributed by atoms with Gasteiger partial charge in [-0.25, -0.2) is 4.98 Å². The van der Waals surface area contributed by atoms with Gasteiger partial charge >= 0.3 is 0 Å². The molecule has 1 N–H and O–H groups in total. The second-order valence-corrected chi connectivity index (χ2v) is 4.40. The number of aromatic nitrogens is 1. The van der Waals surface area contributed by atoms with Crippen LogP contribution in [0.1, 0.15) is 4.88 Å². The summed E-state index contributed by atoms with van der Waals surface area (Å²) in [6.45, 7) is 0.811. The van der Waals surface area contributed by atoms with E-state index in [1.807, 2.05) is 25.2 Å². The Morgan fingerprint density at radius 2 is 2.06 bits per heavy atom. The van der Waals surface area contributed by atoms with Gasteiger partial charge in [0.15, 0.2) is 0 Å². The van der Waals surface area contributed by atoms with Gasteiger partial charge in [-0.1, -0.05) is 41.7 Å². The number of hydrogen-bond acceptors (Lipinski definition) is 4. The Morgan fingerprint density at radius 1 is 1.31 bits per heavy atom. The Kier molecular flexibility index (Phi) is 3.54. The van der Waals surface area contributed by atoms with Crippen LogP contribution in [-0.2, 0) is 6.54 Å². The van der Waals surface area contributed by atoms with Crippen LogP contribution in [0, 0.1) is 0 Å².